The summed E-state index contributed by atoms with van der Waals surface area (Å²) in [6.07, 6.45) is 1.77. The van der Waals surface area contributed by atoms with Crippen LogP contribution in [0.25, 0.3) is 0 Å². The Labute approximate surface area is 84.8 Å². The van der Waals surface area contributed by atoms with Gasteiger partial charge in [-0.05, 0) is 27.0 Å². The van der Waals surface area contributed by atoms with Gasteiger partial charge in [0.1, 0.15) is 5.60 Å². The van der Waals surface area contributed by atoms with Crippen LogP contribution in [0.1, 0.15) is 20.8 Å². The SMILES string of the molecule is CSCCN(C)C(=O)OC(C)(C)C. The first kappa shape index (κ1) is 12.6. The van der Waals surface area contributed by atoms with Crippen LogP contribution >= 0.6 is 11.8 Å². The largest absolute Gasteiger partial charge is 0.444 e. The maximum atomic E-state index is 11.4. The highest BCUT2D eigenvalue weighted by Crippen LogP contribution is 2.09. The maximum Gasteiger partial charge on any atom is 0.410 e. The molecule has 0 aromatic heterocycles. The van der Waals surface area contributed by atoms with Crippen LogP contribution in [-0.4, -0.2) is 42.2 Å². The lowest BCUT2D eigenvalue weighted by atomic mass is 10.2. The Bertz CT molecular complexity index is 165. The molecule has 0 radical (unpaired) electrons. The van der Waals surface area contributed by atoms with E-state index in [2.05, 4.69) is 0 Å². The van der Waals surface area contributed by atoms with Crippen molar-refractivity contribution < 1.29 is 9.53 Å². The average Bonchev–Trinajstić information content (AvgIpc) is 1.96. The number of thioether (sulfide) groups is 1. The second-order valence-electron chi connectivity index (χ2n) is 3.89. The molecule has 0 saturated carbocycles. The molecule has 0 N–H and O–H groups in total. The molecule has 0 heterocycles. The summed E-state index contributed by atoms with van der Waals surface area (Å²) in [7, 11) is 1.75. The van der Waals surface area contributed by atoms with Crippen LogP contribution in [0.2, 0.25) is 0 Å². The van der Waals surface area contributed by atoms with Crippen LogP contribution in [0.15, 0.2) is 0 Å². The molecule has 0 aromatic rings. The van der Waals surface area contributed by atoms with Crippen LogP contribution in [0, 0.1) is 0 Å². The first-order valence-corrected chi connectivity index (χ1v) is 5.69. The molecule has 0 spiro atoms. The first-order chi connectivity index (χ1) is 5.87. The van der Waals surface area contributed by atoms with Crippen LogP contribution in [0.4, 0.5) is 4.79 Å². The molecule has 0 aliphatic rings. The molecule has 0 rings (SSSR count). The molecular formula is C9H19NO2S. The molecule has 3 nitrogen and oxygen atoms in total. The topological polar surface area (TPSA) is 29.5 Å². The molecule has 0 unspecified atom stereocenters. The summed E-state index contributed by atoms with van der Waals surface area (Å²) >= 11 is 1.72. The number of nitrogens with zero attached hydrogens (tertiary/aromatic N) is 1. The first-order valence-electron chi connectivity index (χ1n) is 4.30. The van der Waals surface area contributed by atoms with E-state index in [-0.39, 0.29) is 6.09 Å². The number of ether oxygens (including phenoxy) is 1. The van der Waals surface area contributed by atoms with Gasteiger partial charge in [0.05, 0.1) is 0 Å². The molecule has 13 heavy (non-hydrogen) atoms. The third-order valence-corrected chi connectivity index (χ3v) is 1.93. The lowest BCUT2D eigenvalue weighted by Gasteiger charge is -2.24. The Morgan fingerprint density at radius 2 is 2.00 bits per heavy atom. The third kappa shape index (κ3) is 6.75. The Hall–Kier alpha value is -0.380. The summed E-state index contributed by atoms with van der Waals surface area (Å²) in [6.45, 7) is 6.34. The molecular weight excluding hydrogens is 186 g/mol. The molecule has 0 aliphatic carbocycles. The van der Waals surface area contributed by atoms with Crippen molar-refractivity contribution in [2.24, 2.45) is 0 Å². The summed E-state index contributed by atoms with van der Waals surface area (Å²) in [5.41, 5.74) is -0.398. The summed E-state index contributed by atoms with van der Waals surface area (Å²) in [5.74, 6) is 0.940. The summed E-state index contributed by atoms with van der Waals surface area (Å²) in [4.78, 5) is 13.0. The van der Waals surface area contributed by atoms with E-state index in [9.17, 15) is 4.79 Å². The normalized spacial score (nSPS) is 11.2. The molecule has 0 atom stereocenters. The highest BCUT2D eigenvalue weighted by Gasteiger charge is 2.18. The van der Waals surface area contributed by atoms with Gasteiger partial charge in [-0.25, -0.2) is 4.79 Å². The highest BCUT2D eigenvalue weighted by molar-refractivity contribution is 7.98. The van der Waals surface area contributed by atoms with Crippen molar-refractivity contribution in [1.82, 2.24) is 4.90 Å². The van der Waals surface area contributed by atoms with Crippen molar-refractivity contribution in [3.05, 3.63) is 0 Å². The van der Waals surface area contributed by atoms with E-state index in [4.69, 9.17) is 4.74 Å². The summed E-state index contributed by atoms with van der Waals surface area (Å²) in [6, 6.07) is 0. The lowest BCUT2D eigenvalue weighted by Crippen LogP contribution is -2.35. The van der Waals surface area contributed by atoms with Crippen LogP contribution in [0.5, 0.6) is 0 Å². The molecule has 0 fully saturated rings. The monoisotopic (exact) mass is 205 g/mol. The third-order valence-electron chi connectivity index (χ3n) is 1.34. The standard InChI is InChI=1S/C9H19NO2S/c1-9(2,3)12-8(11)10(4)6-7-13-5/h6-7H2,1-5H3. The van der Waals surface area contributed by atoms with E-state index in [1.54, 1.807) is 23.7 Å². The van der Waals surface area contributed by atoms with Crippen molar-refractivity contribution >= 4 is 17.9 Å². The quantitative estimate of drug-likeness (QED) is 0.707. The predicted molar refractivity (Wildman–Crippen MR) is 57.2 cm³/mol. The minimum absolute atomic E-state index is 0.249. The van der Waals surface area contributed by atoms with E-state index >= 15 is 0 Å². The molecule has 0 saturated heterocycles. The van der Waals surface area contributed by atoms with Gasteiger partial charge in [-0.3, -0.25) is 0 Å². The van der Waals surface area contributed by atoms with Gasteiger partial charge >= 0.3 is 6.09 Å². The predicted octanol–water partition coefficient (Wildman–Crippen LogP) is 2.22. The minimum Gasteiger partial charge on any atom is -0.444 e. The van der Waals surface area contributed by atoms with Crippen LogP contribution in [-0.2, 0) is 4.74 Å². The Morgan fingerprint density at radius 3 is 2.38 bits per heavy atom. The van der Waals surface area contributed by atoms with Gasteiger partial charge in [-0.15, -0.1) is 0 Å². The van der Waals surface area contributed by atoms with Crippen molar-refractivity contribution in [3.8, 4) is 0 Å². The zero-order valence-electron chi connectivity index (χ0n) is 9.09. The van der Waals surface area contributed by atoms with Crippen molar-refractivity contribution in [2.75, 3.05) is 25.6 Å². The zero-order chi connectivity index (χ0) is 10.5. The van der Waals surface area contributed by atoms with Gasteiger partial charge < -0.3 is 9.64 Å². The van der Waals surface area contributed by atoms with Gasteiger partial charge in [-0.1, -0.05) is 0 Å². The molecule has 0 aromatic carbocycles. The van der Waals surface area contributed by atoms with Crippen molar-refractivity contribution in [1.29, 1.82) is 0 Å². The molecule has 1 amide bonds. The van der Waals surface area contributed by atoms with E-state index in [0.717, 1.165) is 12.3 Å². The average molecular weight is 205 g/mol. The number of amides is 1. The Morgan fingerprint density at radius 1 is 1.46 bits per heavy atom. The van der Waals surface area contributed by atoms with Gasteiger partial charge in [0.25, 0.3) is 0 Å². The second-order valence-corrected chi connectivity index (χ2v) is 4.88. The van der Waals surface area contributed by atoms with Gasteiger partial charge in [0.2, 0.25) is 0 Å². The van der Waals surface area contributed by atoms with Crippen molar-refractivity contribution in [3.63, 3.8) is 0 Å². The van der Waals surface area contributed by atoms with E-state index < -0.39 is 5.60 Å². The van der Waals surface area contributed by atoms with Crippen molar-refractivity contribution in [2.45, 2.75) is 26.4 Å². The zero-order valence-corrected chi connectivity index (χ0v) is 9.90. The number of hydrogen-bond donors (Lipinski definition) is 0. The van der Waals surface area contributed by atoms with Gasteiger partial charge in [0, 0.05) is 19.3 Å². The van der Waals surface area contributed by atoms with Gasteiger partial charge in [-0.2, -0.15) is 11.8 Å². The van der Waals surface area contributed by atoms with Crippen LogP contribution in [0.3, 0.4) is 0 Å². The van der Waals surface area contributed by atoms with E-state index in [1.165, 1.54) is 0 Å². The fourth-order valence-electron chi connectivity index (χ4n) is 0.659. The fraction of sp³-hybridized carbons (Fsp3) is 0.889. The molecule has 4 heteroatoms. The maximum absolute atomic E-state index is 11.4. The summed E-state index contributed by atoms with van der Waals surface area (Å²) < 4.78 is 5.17. The Balaban J connectivity index is 3.83. The molecule has 0 bridgehead atoms. The molecule has 78 valence electrons. The Kier molecular flexibility index (Phi) is 5.21. The van der Waals surface area contributed by atoms with Crippen LogP contribution < -0.4 is 0 Å². The number of hydrogen-bond acceptors (Lipinski definition) is 3. The second kappa shape index (κ2) is 5.37. The smallest absolute Gasteiger partial charge is 0.410 e. The fourth-order valence-corrected chi connectivity index (χ4v) is 1.12. The number of carbonyl (C=O) groups excluding carboxylic acids is 1. The minimum atomic E-state index is -0.398. The molecule has 0 aliphatic heterocycles. The lowest BCUT2D eigenvalue weighted by molar-refractivity contribution is 0.0309. The van der Waals surface area contributed by atoms with E-state index in [1.807, 2.05) is 27.0 Å². The highest BCUT2D eigenvalue weighted by atomic mass is 32.2. The number of rotatable bonds is 3. The van der Waals surface area contributed by atoms with Gasteiger partial charge in [0.15, 0.2) is 0 Å². The summed E-state index contributed by atoms with van der Waals surface area (Å²) in [5, 5.41) is 0. The number of carbonyl (C=O) groups is 1. The van der Waals surface area contributed by atoms with E-state index in [0.29, 0.717) is 0 Å².